The van der Waals surface area contributed by atoms with E-state index in [9.17, 15) is 0 Å². The van der Waals surface area contributed by atoms with Gasteiger partial charge in [0.2, 0.25) is 0 Å². The predicted molar refractivity (Wildman–Crippen MR) is 233 cm³/mol. The average molecular weight is 706 g/mol. The first-order valence-corrected chi connectivity index (χ1v) is 19.2. The third-order valence-electron chi connectivity index (χ3n) is 10.5. The number of benzene rings is 9. The van der Waals surface area contributed by atoms with Crippen LogP contribution in [-0.2, 0) is 0 Å². The molecule has 0 aliphatic rings. The predicted octanol–water partition coefficient (Wildman–Crippen LogP) is 15.3. The number of thiophene rings is 1. The van der Waals surface area contributed by atoms with E-state index in [4.69, 9.17) is 0 Å². The largest absolute Gasteiger partial charge is 0.310 e. The highest BCUT2D eigenvalue weighted by atomic mass is 32.1. The van der Waals surface area contributed by atoms with Crippen molar-refractivity contribution in [3.8, 4) is 44.5 Å². The summed E-state index contributed by atoms with van der Waals surface area (Å²) in [4.78, 5) is 2.46. The Kier molecular flexibility index (Phi) is 8.09. The lowest BCUT2D eigenvalue weighted by Crippen LogP contribution is -2.12. The topological polar surface area (TPSA) is 3.24 Å². The van der Waals surface area contributed by atoms with Gasteiger partial charge in [0.05, 0.1) is 5.69 Å². The van der Waals surface area contributed by atoms with Crippen LogP contribution in [0.3, 0.4) is 0 Å². The third kappa shape index (κ3) is 5.65. The molecule has 0 bridgehead atoms. The highest BCUT2D eigenvalue weighted by Crippen LogP contribution is 2.49. The van der Waals surface area contributed by atoms with E-state index in [0.717, 1.165) is 17.1 Å². The maximum Gasteiger partial charge on any atom is 0.0546 e. The van der Waals surface area contributed by atoms with Crippen LogP contribution < -0.4 is 4.90 Å². The fraction of sp³-hybridized carbons (Fsp3) is 0. The molecule has 0 spiro atoms. The van der Waals surface area contributed by atoms with Crippen LogP contribution in [-0.4, -0.2) is 0 Å². The van der Waals surface area contributed by atoms with Gasteiger partial charge in [-0.2, -0.15) is 0 Å². The van der Waals surface area contributed by atoms with Gasteiger partial charge >= 0.3 is 0 Å². The Hall–Kier alpha value is -6.74. The maximum atomic E-state index is 2.46. The van der Waals surface area contributed by atoms with E-state index in [1.54, 1.807) is 0 Å². The molecule has 10 rings (SSSR count). The molecule has 0 unspecified atom stereocenters. The molecule has 1 heterocycles. The summed E-state index contributed by atoms with van der Waals surface area (Å²) in [7, 11) is 0. The minimum Gasteiger partial charge on any atom is -0.310 e. The first-order valence-electron chi connectivity index (χ1n) is 18.4. The van der Waals surface area contributed by atoms with Crippen molar-refractivity contribution < 1.29 is 0 Å². The summed E-state index contributed by atoms with van der Waals surface area (Å²) in [6.45, 7) is 0. The van der Waals surface area contributed by atoms with E-state index in [1.165, 1.54) is 75.5 Å². The lowest BCUT2D eigenvalue weighted by molar-refractivity contribution is 1.29. The molecule has 254 valence electrons. The van der Waals surface area contributed by atoms with Crippen molar-refractivity contribution in [2.45, 2.75) is 0 Å². The Morgan fingerprint density at radius 2 is 0.852 bits per heavy atom. The van der Waals surface area contributed by atoms with Crippen LogP contribution in [0, 0.1) is 0 Å². The molecular weight excluding hydrogens is 671 g/mol. The summed E-state index contributed by atoms with van der Waals surface area (Å²) >= 11 is 1.85. The summed E-state index contributed by atoms with van der Waals surface area (Å²) in [5, 5.41) is 5.07. The monoisotopic (exact) mass is 705 g/mol. The molecule has 2 heteroatoms. The average Bonchev–Trinajstić information content (AvgIpc) is 3.62. The highest BCUT2D eigenvalue weighted by Gasteiger charge is 2.23. The van der Waals surface area contributed by atoms with Crippen LogP contribution in [0.1, 0.15) is 0 Å². The van der Waals surface area contributed by atoms with E-state index in [2.05, 4.69) is 217 Å². The summed E-state index contributed by atoms with van der Waals surface area (Å²) in [5.41, 5.74) is 12.9. The van der Waals surface area contributed by atoms with Crippen molar-refractivity contribution >= 4 is 59.3 Å². The maximum absolute atomic E-state index is 2.46. The summed E-state index contributed by atoms with van der Waals surface area (Å²) < 4.78 is 2.60. The van der Waals surface area contributed by atoms with Crippen LogP contribution in [0.25, 0.3) is 75.5 Å². The summed E-state index contributed by atoms with van der Waals surface area (Å²) in [6.07, 6.45) is 0. The van der Waals surface area contributed by atoms with Gasteiger partial charge in [-0.05, 0) is 92.2 Å². The van der Waals surface area contributed by atoms with Crippen molar-refractivity contribution in [1.29, 1.82) is 0 Å². The van der Waals surface area contributed by atoms with Crippen LogP contribution in [0.5, 0.6) is 0 Å². The van der Waals surface area contributed by atoms with Crippen molar-refractivity contribution in [3.63, 3.8) is 0 Å². The van der Waals surface area contributed by atoms with Crippen LogP contribution in [0.4, 0.5) is 17.1 Å². The van der Waals surface area contributed by atoms with Crippen LogP contribution in [0.15, 0.2) is 212 Å². The number of anilines is 3. The second-order valence-corrected chi connectivity index (χ2v) is 14.7. The molecule has 9 aromatic carbocycles. The van der Waals surface area contributed by atoms with Crippen molar-refractivity contribution in [2.24, 2.45) is 0 Å². The second-order valence-electron chi connectivity index (χ2n) is 13.7. The molecule has 0 radical (unpaired) electrons. The van der Waals surface area contributed by atoms with E-state index in [0.29, 0.717) is 0 Å². The number of fused-ring (bicyclic) bond motifs is 4. The summed E-state index contributed by atoms with van der Waals surface area (Å²) in [5.74, 6) is 0. The first-order chi connectivity index (χ1) is 26.8. The fourth-order valence-corrected chi connectivity index (χ4v) is 9.07. The quantitative estimate of drug-likeness (QED) is 0.160. The molecule has 0 atom stereocenters. The van der Waals surface area contributed by atoms with Gasteiger partial charge in [-0.1, -0.05) is 170 Å². The van der Waals surface area contributed by atoms with Gasteiger partial charge < -0.3 is 4.90 Å². The zero-order valence-electron chi connectivity index (χ0n) is 29.6. The molecule has 0 aliphatic carbocycles. The Balaban J connectivity index is 1.24. The fourth-order valence-electron chi connectivity index (χ4n) is 7.99. The molecule has 0 saturated carbocycles. The Morgan fingerprint density at radius 1 is 0.315 bits per heavy atom. The van der Waals surface area contributed by atoms with Gasteiger partial charge in [-0.3, -0.25) is 0 Å². The van der Waals surface area contributed by atoms with Crippen LogP contribution >= 0.6 is 11.3 Å². The van der Waals surface area contributed by atoms with Gasteiger partial charge in [0, 0.05) is 37.1 Å². The molecule has 0 N–H and O–H groups in total. The van der Waals surface area contributed by atoms with Gasteiger partial charge in [0.15, 0.2) is 0 Å². The van der Waals surface area contributed by atoms with E-state index in [-0.39, 0.29) is 0 Å². The molecule has 0 saturated heterocycles. The first kappa shape index (κ1) is 32.0. The number of nitrogens with zero attached hydrogens (tertiary/aromatic N) is 1. The molecule has 1 nitrogen and oxygen atoms in total. The smallest absolute Gasteiger partial charge is 0.0546 e. The van der Waals surface area contributed by atoms with Crippen molar-refractivity contribution in [2.75, 3.05) is 4.90 Å². The molecule has 0 aliphatic heterocycles. The Bertz CT molecular complexity index is 2920. The normalized spacial score (nSPS) is 11.3. The Labute approximate surface area is 319 Å². The van der Waals surface area contributed by atoms with Crippen molar-refractivity contribution in [1.82, 2.24) is 0 Å². The molecule has 0 fully saturated rings. The van der Waals surface area contributed by atoms with Crippen molar-refractivity contribution in [3.05, 3.63) is 212 Å². The lowest BCUT2D eigenvalue weighted by atomic mass is 9.87. The van der Waals surface area contributed by atoms with Gasteiger partial charge in [0.25, 0.3) is 0 Å². The molecule has 1 aromatic heterocycles. The zero-order valence-corrected chi connectivity index (χ0v) is 30.4. The van der Waals surface area contributed by atoms with E-state index < -0.39 is 0 Å². The number of hydrogen-bond donors (Lipinski definition) is 0. The molecule has 10 aromatic rings. The zero-order chi connectivity index (χ0) is 35.8. The van der Waals surface area contributed by atoms with Gasteiger partial charge in [-0.25, -0.2) is 0 Å². The van der Waals surface area contributed by atoms with Crippen LogP contribution in [0.2, 0.25) is 0 Å². The standard InChI is InChI=1S/C52H35NS/c1-3-15-36(16-4-1)44-22-9-10-24-47(44)52-45(38-17-5-2-6-18-38)26-14-27-49(52)53(41-33-34-51-48(35-41)46-23-11-12-28-50(46)54-51)40-31-29-39(30-32-40)43-25-13-20-37-19-7-8-21-42(37)43/h1-35H. The summed E-state index contributed by atoms with van der Waals surface area (Å²) in [6, 6.07) is 77.3. The number of rotatable bonds is 7. The van der Waals surface area contributed by atoms with E-state index in [1.807, 2.05) is 11.3 Å². The molecule has 54 heavy (non-hydrogen) atoms. The van der Waals surface area contributed by atoms with E-state index >= 15 is 0 Å². The lowest BCUT2D eigenvalue weighted by Gasteiger charge is -2.30. The second kappa shape index (κ2) is 13.7. The van der Waals surface area contributed by atoms with Gasteiger partial charge in [-0.15, -0.1) is 11.3 Å². The SMILES string of the molecule is c1ccc(-c2ccccc2-c2c(-c3ccccc3)cccc2N(c2ccc(-c3cccc4ccccc34)cc2)c2ccc3sc4ccccc4c3c2)cc1. The minimum absolute atomic E-state index is 1.10. The molecular formula is C52H35NS. The Morgan fingerprint density at radius 3 is 1.65 bits per heavy atom. The number of hydrogen-bond acceptors (Lipinski definition) is 2. The van der Waals surface area contributed by atoms with Gasteiger partial charge in [0.1, 0.15) is 0 Å². The third-order valence-corrected chi connectivity index (χ3v) is 11.6. The molecule has 0 amide bonds. The minimum atomic E-state index is 1.10. The highest BCUT2D eigenvalue weighted by molar-refractivity contribution is 7.25.